The van der Waals surface area contributed by atoms with E-state index in [1.54, 1.807) is 12.1 Å². The third-order valence-corrected chi connectivity index (χ3v) is 5.73. The SMILES string of the molecule is NC/C=C(\F)COc1ccc(S(=O)(=O)CCN2CCCCC2)cc1. The quantitative estimate of drug-likeness (QED) is 0.773. The Labute approximate surface area is 143 Å². The molecule has 1 heterocycles. The molecule has 5 nitrogen and oxygen atoms in total. The second-order valence-corrected chi connectivity index (χ2v) is 7.98. The molecule has 0 saturated carbocycles. The third-order valence-electron chi connectivity index (χ3n) is 4.02. The van der Waals surface area contributed by atoms with Crippen molar-refractivity contribution in [3.8, 4) is 5.75 Å². The van der Waals surface area contributed by atoms with Crippen LogP contribution in [0.3, 0.4) is 0 Å². The Morgan fingerprint density at radius 1 is 1.21 bits per heavy atom. The van der Waals surface area contributed by atoms with Crippen molar-refractivity contribution < 1.29 is 17.5 Å². The summed E-state index contributed by atoms with van der Waals surface area (Å²) < 4.78 is 43.2. The summed E-state index contributed by atoms with van der Waals surface area (Å²) in [5.41, 5.74) is 5.21. The van der Waals surface area contributed by atoms with Gasteiger partial charge in [0.2, 0.25) is 0 Å². The number of nitrogens with two attached hydrogens (primary N) is 1. The van der Waals surface area contributed by atoms with E-state index < -0.39 is 15.7 Å². The highest BCUT2D eigenvalue weighted by Crippen LogP contribution is 2.18. The van der Waals surface area contributed by atoms with E-state index in [0.717, 1.165) is 25.9 Å². The van der Waals surface area contributed by atoms with Crippen molar-refractivity contribution in [1.29, 1.82) is 0 Å². The van der Waals surface area contributed by atoms with Crippen LogP contribution in [0.15, 0.2) is 41.1 Å². The Morgan fingerprint density at radius 2 is 1.88 bits per heavy atom. The van der Waals surface area contributed by atoms with Gasteiger partial charge in [-0.3, -0.25) is 0 Å². The Balaban J connectivity index is 1.89. The van der Waals surface area contributed by atoms with Crippen LogP contribution in [0, 0.1) is 0 Å². The second kappa shape index (κ2) is 9.15. The van der Waals surface area contributed by atoms with E-state index in [2.05, 4.69) is 4.90 Å². The van der Waals surface area contributed by atoms with Crippen LogP contribution in [0.2, 0.25) is 0 Å². The van der Waals surface area contributed by atoms with E-state index in [9.17, 15) is 12.8 Å². The smallest absolute Gasteiger partial charge is 0.179 e. The molecule has 7 heteroatoms. The summed E-state index contributed by atoms with van der Waals surface area (Å²) in [6, 6.07) is 6.10. The lowest BCUT2D eigenvalue weighted by Gasteiger charge is -2.26. The first kappa shape index (κ1) is 18.9. The first-order valence-electron chi connectivity index (χ1n) is 8.24. The lowest BCUT2D eigenvalue weighted by atomic mass is 10.1. The van der Waals surface area contributed by atoms with Crippen molar-refractivity contribution in [2.75, 3.05) is 38.5 Å². The van der Waals surface area contributed by atoms with E-state index in [1.807, 2.05) is 0 Å². The van der Waals surface area contributed by atoms with Gasteiger partial charge in [-0.1, -0.05) is 6.42 Å². The molecule has 1 aliphatic rings. The second-order valence-electron chi connectivity index (χ2n) is 5.87. The summed E-state index contributed by atoms with van der Waals surface area (Å²) in [6.45, 7) is 2.42. The predicted octanol–water partition coefficient (Wildman–Crippen LogP) is 2.14. The molecule has 24 heavy (non-hydrogen) atoms. The fourth-order valence-electron chi connectivity index (χ4n) is 2.63. The highest BCUT2D eigenvalue weighted by Gasteiger charge is 2.18. The summed E-state index contributed by atoms with van der Waals surface area (Å²) in [4.78, 5) is 2.47. The molecule has 0 radical (unpaired) electrons. The van der Waals surface area contributed by atoms with Crippen LogP contribution in [0.5, 0.6) is 5.75 Å². The van der Waals surface area contributed by atoms with Gasteiger partial charge in [0.05, 0.1) is 10.6 Å². The van der Waals surface area contributed by atoms with Crippen LogP contribution in [0.25, 0.3) is 0 Å². The molecule has 1 aromatic rings. The molecule has 1 saturated heterocycles. The van der Waals surface area contributed by atoms with E-state index in [-0.39, 0.29) is 23.8 Å². The third kappa shape index (κ3) is 5.89. The predicted molar refractivity (Wildman–Crippen MR) is 92.5 cm³/mol. The van der Waals surface area contributed by atoms with Crippen molar-refractivity contribution in [3.63, 3.8) is 0 Å². The molecule has 0 spiro atoms. The van der Waals surface area contributed by atoms with Gasteiger partial charge in [-0.2, -0.15) is 0 Å². The Hall–Kier alpha value is -1.44. The number of sulfone groups is 1. The van der Waals surface area contributed by atoms with Crippen LogP contribution in [-0.4, -0.2) is 51.9 Å². The number of hydrogen-bond acceptors (Lipinski definition) is 5. The van der Waals surface area contributed by atoms with Gasteiger partial charge >= 0.3 is 0 Å². The largest absolute Gasteiger partial charge is 0.487 e. The van der Waals surface area contributed by atoms with Crippen LogP contribution in [0.1, 0.15) is 19.3 Å². The van der Waals surface area contributed by atoms with Crippen LogP contribution in [-0.2, 0) is 9.84 Å². The number of likely N-dealkylation sites (tertiary alicyclic amines) is 1. The number of halogens is 1. The van der Waals surface area contributed by atoms with Crippen LogP contribution < -0.4 is 10.5 Å². The maximum absolute atomic E-state index is 13.2. The van der Waals surface area contributed by atoms with Gasteiger partial charge in [-0.25, -0.2) is 12.8 Å². The lowest BCUT2D eigenvalue weighted by Crippen LogP contribution is -2.33. The zero-order chi connectivity index (χ0) is 17.4. The maximum atomic E-state index is 13.2. The summed E-state index contributed by atoms with van der Waals surface area (Å²) in [5.74, 6) is 0.0856. The minimum atomic E-state index is -3.32. The number of benzene rings is 1. The van der Waals surface area contributed by atoms with Crippen molar-refractivity contribution in [3.05, 3.63) is 36.2 Å². The highest BCUT2D eigenvalue weighted by molar-refractivity contribution is 7.91. The number of nitrogens with zero attached hydrogens (tertiary/aromatic N) is 1. The molecular weight excluding hydrogens is 331 g/mol. The molecule has 0 atom stereocenters. The average molecular weight is 356 g/mol. The monoisotopic (exact) mass is 356 g/mol. The topological polar surface area (TPSA) is 72.6 Å². The molecule has 0 bridgehead atoms. The molecule has 0 aromatic heterocycles. The zero-order valence-electron chi connectivity index (χ0n) is 13.8. The standard InChI is InChI=1S/C17H25FN2O3S/c18-15(8-9-19)14-23-16-4-6-17(7-5-16)24(21,22)13-12-20-10-2-1-3-11-20/h4-8H,1-3,9-14,19H2/b15-8-. The van der Waals surface area contributed by atoms with Crippen molar-refractivity contribution in [2.45, 2.75) is 24.2 Å². The van der Waals surface area contributed by atoms with Gasteiger partial charge in [0, 0.05) is 13.1 Å². The summed E-state index contributed by atoms with van der Waals surface area (Å²) in [7, 11) is -3.32. The van der Waals surface area contributed by atoms with E-state index in [0.29, 0.717) is 12.3 Å². The van der Waals surface area contributed by atoms with E-state index in [4.69, 9.17) is 10.5 Å². The van der Waals surface area contributed by atoms with Crippen molar-refractivity contribution in [1.82, 2.24) is 4.90 Å². The molecule has 2 N–H and O–H groups in total. The summed E-state index contributed by atoms with van der Waals surface area (Å²) >= 11 is 0. The maximum Gasteiger partial charge on any atom is 0.179 e. The zero-order valence-corrected chi connectivity index (χ0v) is 14.6. The van der Waals surface area contributed by atoms with Gasteiger partial charge in [0.25, 0.3) is 0 Å². The number of ether oxygens (including phenoxy) is 1. The lowest BCUT2D eigenvalue weighted by molar-refractivity contribution is 0.241. The van der Waals surface area contributed by atoms with Gasteiger partial charge in [-0.05, 0) is 56.3 Å². The molecular formula is C17H25FN2O3S. The van der Waals surface area contributed by atoms with Crippen LogP contribution >= 0.6 is 0 Å². The number of rotatable bonds is 8. The van der Waals surface area contributed by atoms with Gasteiger partial charge in [-0.15, -0.1) is 0 Å². The average Bonchev–Trinajstić information content (AvgIpc) is 2.60. The molecule has 1 aromatic carbocycles. The Bertz CT molecular complexity index is 638. The first-order valence-corrected chi connectivity index (χ1v) is 9.89. The fourth-order valence-corrected chi connectivity index (χ4v) is 3.92. The normalized spacial score (nSPS) is 17.0. The van der Waals surface area contributed by atoms with Gasteiger partial charge < -0.3 is 15.4 Å². The van der Waals surface area contributed by atoms with E-state index in [1.165, 1.54) is 24.6 Å². The van der Waals surface area contributed by atoms with Gasteiger partial charge in [0.1, 0.15) is 18.2 Å². The Kier molecular flexibility index (Phi) is 7.20. The molecule has 0 aliphatic carbocycles. The summed E-state index contributed by atoms with van der Waals surface area (Å²) in [6.07, 6.45) is 4.74. The van der Waals surface area contributed by atoms with Crippen LogP contribution in [0.4, 0.5) is 4.39 Å². The van der Waals surface area contributed by atoms with Crippen molar-refractivity contribution >= 4 is 9.84 Å². The molecule has 1 fully saturated rings. The molecule has 134 valence electrons. The van der Waals surface area contributed by atoms with E-state index >= 15 is 0 Å². The van der Waals surface area contributed by atoms with Crippen molar-refractivity contribution in [2.24, 2.45) is 5.73 Å². The highest BCUT2D eigenvalue weighted by atomic mass is 32.2. The molecule has 0 amide bonds. The minimum absolute atomic E-state index is 0.112. The molecule has 1 aliphatic heterocycles. The molecule has 0 unspecified atom stereocenters. The Morgan fingerprint density at radius 3 is 2.50 bits per heavy atom. The summed E-state index contributed by atoms with van der Waals surface area (Å²) in [5, 5.41) is 0. The fraction of sp³-hybridized carbons (Fsp3) is 0.529. The number of piperidine rings is 1. The van der Waals surface area contributed by atoms with Gasteiger partial charge in [0.15, 0.2) is 9.84 Å². The minimum Gasteiger partial charge on any atom is -0.487 e. The first-order chi connectivity index (χ1) is 11.5. The molecule has 2 rings (SSSR count). The number of hydrogen-bond donors (Lipinski definition) is 1.